The van der Waals surface area contributed by atoms with Gasteiger partial charge in [-0.1, -0.05) is 6.07 Å². The van der Waals surface area contributed by atoms with Crippen molar-refractivity contribution >= 4 is 21.8 Å². The van der Waals surface area contributed by atoms with Gasteiger partial charge in [0.25, 0.3) is 5.91 Å². The summed E-state index contributed by atoms with van der Waals surface area (Å²) in [5.74, 6) is -0.930. The molecule has 1 aliphatic rings. The Balaban J connectivity index is 2.01. The Morgan fingerprint density at radius 2 is 2.00 bits per heavy atom. The maximum atomic E-state index is 13.7. The highest BCUT2D eigenvalue weighted by Crippen LogP contribution is 2.21. The van der Waals surface area contributed by atoms with Crippen molar-refractivity contribution in [2.45, 2.75) is 37.8 Å². The van der Waals surface area contributed by atoms with Gasteiger partial charge in [-0.25, -0.2) is 4.39 Å². The quantitative estimate of drug-likeness (QED) is 0.881. The third-order valence-corrected chi connectivity index (χ3v) is 3.84. The van der Waals surface area contributed by atoms with Gasteiger partial charge in [0.2, 0.25) is 0 Å². The molecule has 0 bridgehead atoms. The van der Waals surface area contributed by atoms with E-state index < -0.39 is 11.7 Å². The first kappa shape index (κ1) is 13.5. The van der Waals surface area contributed by atoms with E-state index in [9.17, 15) is 14.3 Å². The zero-order valence-electron chi connectivity index (χ0n) is 9.83. The average molecular weight is 316 g/mol. The molecule has 0 spiro atoms. The monoisotopic (exact) mass is 315 g/mol. The van der Waals surface area contributed by atoms with Gasteiger partial charge in [-0.15, -0.1) is 0 Å². The molecular formula is C13H15BrFNO2. The van der Waals surface area contributed by atoms with Gasteiger partial charge in [0.1, 0.15) is 5.82 Å². The minimum atomic E-state index is -0.536. The second kappa shape index (κ2) is 5.80. The van der Waals surface area contributed by atoms with Crippen molar-refractivity contribution in [3.05, 3.63) is 34.1 Å². The molecule has 98 valence electrons. The van der Waals surface area contributed by atoms with Crippen LogP contribution in [-0.2, 0) is 0 Å². The second-order valence-corrected chi connectivity index (χ2v) is 5.43. The number of rotatable bonds is 2. The van der Waals surface area contributed by atoms with Crippen LogP contribution >= 0.6 is 15.9 Å². The van der Waals surface area contributed by atoms with Gasteiger partial charge < -0.3 is 10.4 Å². The molecule has 3 nitrogen and oxygen atoms in total. The summed E-state index contributed by atoms with van der Waals surface area (Å²) in [6.45, 7) is 0. The highest BCUT2D eigenvalue weighted by atomic mass is 79.9. The van der Waals surface area contributed by atoms with Crippen LogP contribution in [0.4, 0.5) is 4.39 Å². The molecule has 0 saturated heterocycles. The molecule has 0 aromatic heterocycles. The minimum absolute atomic E-state index is 0.0271. The van der Waals surface area contributed by atoms with Crippen LogP contribution in [0.2, 0.25) is 0 Å². The number of amides is 1. The Bertz CT molecular complexity index is 445. The summed E-state index contributed by atoms with van der Waals surface area (Å²) < 4.78 is 14.0. The first-order valence-electron chi connectivity index (χ1n) is 6.01. The lowest BCUT2D eigenvalue weighted by molar-refractivity contribution is 0.0864. The van der Waals surface area contributed by atoms with Crippen molar-refractivity contribution in [3.8, 4) is 0 Å². The van der Waals surface area contributed by atoms with Crippen molar-refractivity contribution in [1.82, 2.24) is 5.32 Å². The number of carbonyl (C=O) groups excluding carboxylic acids is 1. The van der Waals surface area contributed by atoms with Gasteiger partial charge in [-0.3, -0.25) is 4.79 Å². The van der Waals surface area contributed by atoms with Crippen LogP contribution in [0.15, 0.2) is 22.7 Å². The Morgan fingerprint density at radius 1 is 1.33 bits per heavy atom. The van der Waals surface area contributed by atoms with Crippen LogP contribution in [0.5, 0.6) is 0 Å². The average Bonchev–Trinajstić information content (AvgIpc) is 2.35. The number of halogens is 2. The van der Waals surface area contributed by atoms with Crippen LogP contribution in [0.25, 0.3) is 0 Å². The summed E-state index contributed by atoms with van der Waals surface area (Å²) in [6, 6.07) is 4.68. The molecule has 5 heteroatoms. The van der Waals surface area contributed by atoms with Crippen molar-refractivity contribution in [3.63, 3.8) is 0 Å². The van der Waals surface area contributed by atoms with E-state index in [4.69, 9.17) is 0 Å². The summed E-state index contributed by atoms with van der Waals surface area (Å²) in [6.07, 6.45) is 2.59. The van der Waals surface area contributed by atoms with E-state index >= 15 is 0 Å². The predicted molar refractivity (Wildman–Crippen MR) is 69.8 cm³/mol. The van der Waals surface area contributed by atoms with Crippen molar-refractivity contribution in [2.24, 2.45) is 0 Å². The molecule has 1 aliphatic carbocycles. The zero-order chi connectivity index (χ0) is 13.1. The molecule has 0 atom stereocenters. The Labute approximate surface area is 114 Å². The zero-order valence-corrected chi connectivity index (χ0v) is 11.4. The van der Waals surface area contributed by atoms with Crippen LogP contribution < -0.4 is 5.32 Å². The van der Waals surface area contributed by atoms with E-state index in [1.165, 1.54) is 6.07 Å². The van der Waals surface area contributed by atoms with E-state index in [0.29, 0.717) is 12.8 Å². The SMILES string of the molecule is O=C(NC1CCC(O)CC1)c1cccc(Br)c1F. The highest BCUT2D eigenvalue weighted by Gasteiger charge is 2.22. The molecular weight excluding hydrogens is 301 g/mol. The molecule has 2 rings (SSSR count). The first-order valence-corrected chi connectivity index (χ1v) is 6.80. The van der Waals surface area contributed by atoms with Gasteiger partial charge in [-0.2, -0.15) is 0 Å². The van der Waals surface area contributed by atoms with Crippen molar-refractivity contribution in [1.29, 1.82) is 0 Å². The maximum Gasteiger partial charge on any atom is 0.254 e. The molecule has 1 aromatic rings. The first-order chi connectivity index (χ1) is 8.58. The lowest BCUT2D eigenvalue weighted by atomic mass is 9.93. The molecule has 1 saturated carbocycles. The summed E-state index contributed by atoms with van der Waals surface area (Å²) in [4.78, 5) is 11.9. The van der Waals surface area contributed by atoms with E-state index in [0.717, 1.165) is 12.8 Å². The second-order valence-electron chi connectivity index (χ2n) is 4.58. The number of nitrogens with one attached hydrogen (secondary N) is 1. The fourth-order valence-corrected chi connectivity index (χ4v) is 2.53. The molecule has 0 aliphatic heterocycles. The van der Waals surface area contributed by atoms with Crippen LogP contribution in [0.1, 0.15) is 36.0 Å². The van der Waals surface area contributed by atoms with E-state index in [1.54, 1.807) is 12.1 Å². The Kier molecular flexibility index (Phi) is 4.35. The van der Waals surface area contributed by atoms with Crippen LogP contribution in [0, 0.1) is 5.82 Å². The third-order valence-electron chi connectivity index (χ3n) is 3.23. The molecule has 0 unspecified atom stereocenters. The van der Waals surface area contributed by atoms with E-state index in [1.807, 2.05) is 0 Å². The number of aliphatic hydroxyl groups is 1. The van der Waals surface area contributed by atoms with Gasteiger partial charge in [0.15, 0.2) is 0 Å². The maximum absolute atomic E-state index is 13.7. The highest BCUT2D eigenvalue weighted by molar-refractivity contribution is 9.10. The molecule has 1 amide bonds. The molecule has 0 radical (unpaired) electrons. The van der Waals surface area contributed by atoms with E-state index in [2.05, 4.69) is 21.2 Å². The van der Waals surface area contributed by atoms with Gasteiger partial charge >= 0.3 is 0 Å². The number of aliphatic hydroxyl groups excluding tert-OH is 1. The summed E-state index contributed by atoms with van der Waals surface area (Å²) >= 11 is 3.06. The van der Waals surface area contributed by atoms with Gasteiger partial charge in [0, 0.05) is 6.04 Å². The topological polar surface area (TPSA) is 49.3 Å². The third kappa shape index (κ3) is 3.09. The lowest BCUT2D eigenvalue weighted by Gasteiger charge is -2.26. The molecule has 0 heterocycles. The summed E-state index contributed by atoms with van der Waals surface area (Å²) in [7, 11) is 0. The number of hydrogen-bond donors (Lipinski definition) is 2. The lowest BCUT2D eigenvalue weighted by Crippen LogP contribution is -2.38. The fraction of sp³-hybridized carbons (Fsp3) is 0.462. The predicted octanol–water partition coefficient (Wildman–Crippen LogP) is 2.62. The standard InChI is InChI=1S/C13H15BrFNO2/c14-11-3-1-2-10(12(11)15)13(18)16-8-4-6-9(17)7-5-8/h1-3,8-9,17H,4-7H2,(H,16,18). The van der Waals surface area contributed by atoms with Crippen LogP contribution in [0.3, 0.4) is 0 Å². The molecule has 2 N–H and O–H groups in total. The number of benzene rings is 1. The molecule has 1 fully saturated rings. The number of hydrogen-bond acceptors (Lipinski definition) is 2. The van der Waals surface area contributed by atoms with Gasteiger partial charge in [0.05, 0.1) is 16.1 Å². The smallest absolute Gasteiger partial charge is 0.254 e. The summed E-state index contributed by atoms with van der Waals surface area (Å²) in [5.41, 5.74) is 0.0514. The Hall–Kier alpha value is -0.940. The molecule has 1 aromatic carbocycles. The fourth-order valence-electron chi connectivity index (χ4n) is 2.16. The normalized spacial score (nSPS) is 23.7. The minimum Gasteiger partial charge on any atom is -0.393 e. The molecule has 18 heavy (non-hydrogen) atoms. The van der Waals surface area contributed by atoms with Crippen molar-refractivity contribution in [2.75, 3.05) is 0 Å². The van der Waals surface area contributed by atoms with E-state index in [-0.39, 0.29) is 22.2 Å². The van der Waals surface area contributed by atoms with Crippen molar-refractivity contribution < 1.29 is 14.3 Å². The van der Waals surface area contributed by atoms with Gasteiger partial charge in [-0.05, 0) is 53.7 Å². The summed E-state index contributed by atoms with van der Waals surface area (Å²) in [5, 5.41) is 12.2. The largest absolute Gasteiger partial charge is 0.393 e. The van der Waals surface area contributed by atoms with Crippen LogP contribution in [-0.4, -0.2) is 23.2 Å². The number of carbonyl (C=O) groups is 1. The Morgan fingerprint density at radius 3 is 2.67 bits per heavy atom.